The largest absolute Gasteiger partial charge is 0.417 e. The molecule has 2 rings (SSSR count). The van der Waals surface area contributed by atoms with E-state index in [2.05, 4.69) is 10.0 Å². The molecular formula is C14H13F3N2O2S. The monoisotopic (exact) mass is 330 g/mol. The zero-order chi connectivity index (χ0) is 16.4. The van der Waals surface area contributed by atoms with Gasteiger partial charge in [0.25, 0.3) is 10.0 Å². The molecule has 0 aliphatic rings. The Bertz CT molecular complexity index is 774. The third-order valence-electron chi connectivity index (χ3n) is 2.92. The van der Waals surface area contributed by atoms with Crippen LogP contribution in [0.1, 0.15) is 5.56 Å². The van der Waals surface area contributed by atoms with Crippen molar-refractivity contribution in [2.24, 2.45) is 0 Å². The van der Waals surface area contributed by atoms with E-state index in [0.717, 1.165) is 18.2 Å². The van der Waals surface area contributed by atoms with E-state index >= 15 is 0 Å². The lowest BCUT2D eigenvalue weighted by molar-refractivity contribution is -0.139. The van der Waals surface area contributed by atoms with Crippen molar-refractivity contribution in [2.45, 2.75) is 11.1 Å². The number of nitrogens with one attached hydrogen (secondary N) is 2. The fourth-order valence-electron chi connectivity index (χ4n) is 1.93. The van der Waals surface area contributed by atoms with Crippen molar-refractivity contribution in [3.63, 3.8) is 0 Å². The molecule has 0 saturated carbocycles. The first-order valence-electron chi connectivity index (χ1n) is 6.21. The van der Waals surface area contributed by atoms with Crippen LogP contribution in [-0.4, -0.2) is 15.5 Å². The minimum absolute atomic E-state index is 0.168. The Morgan fingerprint density at radius 2 is 1.45 bits per heavy atom. The van der Waals surface area contributed by atoms with Crippen LogP contribution < -0.4 is 10.0 Å². The molecule has 0 saturated heterocycles. The summed E-state index contributed by atoms with van der Waals surface area (Å²) in [4.78, 5) is -0.812. The second-order valence-electron chi connectivity index (χ2n) is 4.40. The Kier molecular flexibility index (Phi) is 4.32. The van der Waals surface area contributed by atoms with Gasteiger partial charge in [-0.1, -0.05) is 24.3 Å². The molecule has 0 aromatic heterocycles. The molecule has 8 heteroatoms. The van der Waals surface area contributed by atoms with Crippen molar-refractivity contribution < 1.29 is 21.6 Å². The third kappa shape index (κ3) is 3.33. The van der Waals surface area contributed by atoms with Gasteiger partial charge < -0.3 is 5.32 Å². The molecule has 0 spiro atoms. The van der Waals surface area contributed by atoms with Gasteiger partial charge in [-0.2, -0.15) is 13.2 Å². The molecule has 0 bridgehead atoms. The number of rotatable bonds is 4. The third-order valence-corrected chi connectivity index (χ3v) is 4.35. The average molecular weight is 330 g/mol. The van der Waals surface area contributed by atoms with Crippen molar-refractivity contribution in [1.29, 1.82) is 0 Å². The Hall–Kier alpha value is -2.22. The van der Waals surface area contributed by atoms with Crippen LogP contribution in [0.3, 0.4) is 0 Å². The van der Waals surface area contributed by atoms with E-state index in [0.29, 0.717) is 5.69 Å². The van der Waals surface area contributed by atoms with Crippen LogP contribution in [0, 0.1) is 0 Å². The summed E-state index contributed by atoms with van der Waals surface area (Å²) < 4.78 is 65.6. The zero-order valence-electron chi connectivity index (χ0n) is 11.5. The van der Waals surface area contributed by atoms with Gasteiger partial charge in [-0.15, -0.1) is 0 Å². The summed E-state index contributed by atoms with van der Waals surface area (Å²) in [7, 11) is -2.79. The zero-order valence-corrected chi connectivity index (χ0v) is 12.3. The summed E-state index contributed by atoms with van der Waals surface area (Å²) in [5, 5.41) is 2.77. The standard InChI is InChI=1S/C14H13F3N2O2S/c1-18-11-7-3-4-8-12(11)19-22(20,21)13-9-5-2-6-10(13)14(15,16)17/h2-9,18-19H,1H3. The molecule has 0 radical (unpaired) electrons. The lowest BCUT2D eigenvalue weighted by Crippen LogP contribution is -2.19. The molecule has 2 aromatic carbocycles. The van der Waals surface area contributed by atoms with E-state index in [1.165, 1.54) is 12.1 Å². The molecule has 22 heavy (non-hydrogen) atoms. The van der Waals surface area contributed by atoms with Crippen molar-refractivity contribution in [3.05, 3.63) is 54.1 Å². The smallest absolute Gasteiger partial charge is 0.386 e. The highest BCUT2D eigenvalue weighted by Gasteiger charge is 2.37. The topological polar surface area (TPSA) is 58.2 Å². The molecule has 0 fully saturated rings. The molecule has 0 unspecified atom stereocenters. The second kappa shape index (κ2) is 5.88. The predicted octanol–water partition coefficient (Wildman–Crippen LogP) is 3.55. The van der Waals surface area contributed by atoms with E-state index in [-0.39, 0.29) is 5.69 Å². The van der Waals surface area contributed by atoms with Gasteiger partial charge >= 0.3 is 6.18 Å². The molecule has 0 heterocycles. The van der Waals surface area contributed by atoms with Crippen molar-refractivity contribution >= 4 is 21.4 Å². The lowest BCUT2D eigenvalue weighted by Gasteiger charge is -2.16. The Morgan fingerprint density at radius 1 is 0.909 bits per heavy atom. The molecule has 2 N–H and O–H groups in total. The van der Waals surface area contributed by atoms with Gasteiger partial charge in [0, 0.05) is 7.05 Å². The highest BCUT2D eigenvalue weighted by atomic mass is 32.2. The molecule has 0 amide bonds. The number of halogens is 3. The maximum Gasteiger partial charge on any atom is 0.417 e. The summed E-state index contributed by atoms with van der Waals surface area (Å²) in [6.45, 7) is 0. The summed E-state index contributed by atoms with van der Waals surface area (Å²) in [6, 6.07) is 10.4. The number of alkyl halides is 3. The van der Waals surface area contributed by atoms with Gasteiger partial charge in [-0.05, 0) is 24.3 Å². The van der Waals surface area contributed by atoms with Crippen molar-refractivity contribution in [2.75, 3.05) is 17.1 Å². The first-order chi connectivity index (χ1) is 10.3. The van der Waals surface area contributed by atoms with Crippen molar-refractivity contribution in [1.82, 2.24) is 0 Å². The minimum Gasteiger partial charge on any atom is -0.386 e. The van der Waals surface area contributed by atoms with E-state index in [9.17, 15) is 21.6 Å². The van der Waals surface area contributed by atoms with Gasteiger partial charge in [-0.25, -0.2) is 8.42 Å². The molecule has 0 atom stereocenters. The minimum atomic E-state index is -4.76. The number of hydrogen-bond donors (Lipinski definition) is 2. The van der Waals surface area contributed by atoms with Crippen LogP contribution in [0.5, 0.6) is 0 Å². The summed E-state index contributed by atoms with van der Waals surface area (Å²) in [5.74, 6) is 0. The Balaban J connectivity index is 2.49. The molecule has 4 nitrogen and oxygen atoms in total. The van der Waals surface area contributed by atoms with Gasteiger partial charge in [0.1, 0.15) is 0 Å². The number of anilines is 2. The maximum atomic E-state index is 13.0. The van der Waals surface area contributed by atoms with Gasteiger partial charge in [-0.3, -0.25) is 4.72 Å². The van der Waals surface area contributed by atoms with E-state index in [1.807, 2.05) is 0 Å². The van der Waals surface area contributed by atoms with Gasteiger partial charge in [0.05, 0.1) is 21.8 Å². The summed E-state index contributed by atoms with van der Waals surface area (Å²) in [6.07, 6.45) is -4.76. The molecule has 2 aromatic rings. The summed E-state index contributed by atoms with van der Waals surface area (Å²) in [5.41, 5.74) is -0.581. The van der Waals surface area contributed by atoms with Crippen LogP contribution >= 0.6 is 0 Å². The molecule has 0 aliphatic carbocycles. The fraction of sp³-hybridized carbons (Fsp3) is 0.143. The highest BCUT2D eigenvalue weighted by molar-refractivity contribution is 7.92. The van der Waals surface area contributed by atoms with Crippen molar-refractivity contribution in [3.8, 4) is 0 Å². The van der Waals surface area contributed by atoms with Crippen LogP contribution in [0.15, 0.2) is 53.4 Å². The normalized spacial score (nSPS) is 12.0. The predicted molar refractivity (Wildman–Crippen MR) is 78.2 cm³/mol. The van der Waals surface area contributed by atoms with Crippen LogP contribution in [0.25, 0.3) is 0 Å². The van der Waals surface area contributed by atoms with Crippen LogP contribution in [-0.2, 0) is 16.2 Å². The number of hydrogen-bond acceptors (Lipinski definition) is 3. The number of sulfonamides is 1. The fourth-order valence-corrected chi connectivity index (χ4v) is 3.23. The van der Waals surface area contributed by atoms with E-state index in [1.54, 1.807) is 25.2 Å². The lowest BCUT2D eigenvalue weighted by atomic mass is 10.2. The van der Waals surface area contributed by atoms with Crippen LogP contribution in [0.4, 0.5) is 24.5 Å². The number of benzene rings is 2. The van der Waals surface area contributed by atoms with E-state index < -0.39 is 26.7 Å². The Morgan fingerprint density at radius 3 is 2.05 bits per heavy atom. The first-order valence-corrected chi connectivity index (χ1v) is 7.70. The van der Waals surface area contributed by atoms with Gasteiger partial charge in [0.15, 0.2) is 0 Å². The van der Waals surface area contributed by atoms with Crippen LogP contribution in [0.2, 0.25) is 0 Å². The molecule has 118 valence electrons. The SMILES string of the molecule is CNc1ccccc1NS(=O)(=O)c1ccccc1C(F)(F)F. The average Bonchev–Trinajstić information content (AvgIpc) is 2.46. The van der Waals surface area contributed by atoms with E-state index in [4.69, 9.17) is 0 Å². The highest BCUT2D eigenvalue weighted by Crippen LogP contribution is 2.35. The molecule has 0 aliphatic heterocycles. The maximum absolute atomic E-state index is 13.0. The Labute approximate surface area is 126 Å². The van der Waals surface area contributed by atoms with Gasteiger partial charge in [0.2, 0.25) is 0 Å². The first kappa shape index (κ1) is 16.2. The second-order valence-corrected chi connectivity index (χ2v) is 6.05. The summed E-state index contributed by atoms with van der Waals surface area (Å²) >= 11 is 0. The number of para-hydroxylation sites is 2. The molecular weight excluding hydrogens is 317 g/mol. The quantitative estimate of drug-likeness (QED) is 0.901.